The van der Waals surface area contributed by atoms with Gasteiger partial charge in [-0.25, -0.2) is 0 Å². The Labute approximate surface area is 151 Å². The maximum atomic E-state index is 12.6. The van der Waals surface area contributed by atoms with Crippen LogP contribution in [0.15, 0.2) is 41.9 Å². The molecular weight excluding hydrogens is 340 g/mol. The van der Waals surface area contributed by atoms with Crippen LogP contribution in [0.25, 0.3) is 0 Å². The van der Waals surface area contributed by atoms with E-state index in [1.165, 1.54) is 7.11 Å². The van der Waals surface area contributed by atoms with E-state index >= 15 is 0 Å². The Morgan fingerprint density at radius 1 is 1.08 bits per heavy atom. The molecule has 140 valence electrons. The van der Waals surface area contributed by atoms with Crippen molar-refractivity contribution in [3.05, 3.63) is 47.4 Å². The van der Waals surface area contributed by atoms with Crippen molar-refractivity contribution in [1.29, 1.82) is 0 Å². The molecule has 1 aromatic rings. The number of carbonyl (C=O) groups is 3. The predicted octanol–water partition coefficient (Wildman–Crippen LogP) is 1.97. The second-order valence-electron chi connectivity index (χ2n) is 5.49. The van der Waals surface area contributed by atoms with Crippen LogP contribution in [0.4, 0.5) is 0 Å². The molecule has 0 amide bonds. The Balaban J connectivity index is 2.61. The summed E-state index contributed by atoms with van der Waals surface area (Å²) in [6.07, 6.45) is 0. The molecule has 1 atom stereocenters. The van der Waals surface area contributed by atoms with Crippen LogP contribution in [0.1, 0.15) is 25.3 Å². The summed E-state index contributed by atoms with van der Waals surface area (Å²) in [5.74, 6) is -4.15. The summed E-state index contributed by atoms with van der Waals surface area (Å²) in [7, 11) is 1.36. The molecule has 7 nitrogen and oxygen atoms in total. The van der Waals surface area contributed by atoms with Crippen LogP contribution in [0.2, 0.25) is 0 Å². The zero-order chi connectivity index (χ0) is 19.1. The fourth-order valence-corrected chi connectivity index (χ4v) is 2.89. The van der Waals surface area contributed by atoms with Crippen molar-refractivity contribution in [1.82, 2.24) is 0 Å². The molecule has 0 saturated carbocycles. The topological polar surface area (TPSA) is 88.1 Å². The van der Waals surface area contributed by atoms with Crippen LogP contribution in [-0.4, -0.2) is 44.7 Å². The summed E-state index contributed by atoms with van der Waals surface area (Å²) in [5.41, 5.74) is 0.715. The van der Waals surface area contributed by atoms with Crippen LogP contribution in [0, 0.1) is 5.92 Å². The van der Waals surface area contributed by atoms with Crippen LogP contribution in [-0.2, 0) is 33.3 Å². The second kappa shape index (κ2) is 9.03. The smallest absolute Gasteiger partial charge is 0.321 e. The van der Waals surface area contributed by atoms with E-state index < -0.39 is 23.8 Å². The first-order valence-corrected chi connectivity index (χ1v) is 8.37. The molecule has 0 fully saturated rings. The fraction of sp³-hybridized carbons (Fsp3) is 0.421. The Hall–Kier alpha value is -2.83. The minimum absolute atomic E-state index is 0.00227. The van der Waals surface area contributed by atoms with Gasteiger partial charge in [-0.3, -0.25) is 14.4 Å². The first kappa shape index (κ1) is 19.5. The number of ketones is 1. The minimum atomic E-state index is -1.34. The minimum Gasteiger partial charge on any atom is -0.468 e. The molecule has 1 aromatic carbocycles. The zero-order valence-corrected chi connectivity index (χ0v) is 15.0. The van der Waals surface area contributed by atoms with Gasteiger partial charge in [-0.1, -0.05) is 30.3 Å². The monoisotopic (exact) mass is 362 g/mol. The van der Waals surface area contributed by atoms with Crippen LogP contribution < -0.4 is 0 Å². The largest absolute Gasteiger partial charge is 0.468 e. The van der Waals surface area contributed by atoms with Crippen LogP contribution in [0.5, 0.6) is 0 Å². The first-order valence-electron chi connectivity index (χ1n) is 8.37. The van der Waals surface area contributed by atoms with Gasteiger partial charge in [0, 0.05) is 5.92 Å². The molecule has 7 heteroatoms. The summed E-state index contributed by atoms with van der Waals surface area (Å²) in [5, 5.41) is 0. The van der Waals surface area contributed by atoms with Crippen molar-refractivity contribution in [2.45, 2.75) is 19.8 Å². The van der Waals surface area contributed by atoms with Crippen molar-refractivity contribution in [2.75, 3.05) is 26.9 Å². The fourth-order valence-electron chi connectivity index (χ4n) is 2.89. The lowest BCUT2D eigenvalue weighted by Crippen LogP contribution is -2.35. The molecular formula is C19H22O7. The van der Waals surface area contributed by atoms with Crippen molar-refractivity contribution < 1.29 is 33.3 Å². The molecule has 2 rings (SSSR count). The molecule has 1 heterocycles. The molecule has 0 aromatic heterocycles. The highest BCUT2D eigenvalue weighted by Gasteiger charge is 2.46. The molecule has 26 heavy (non-hydrogen) atoms. The van der Waals surface area contributed by atoms with E-state index in [0.29, 0.717) is 5.56 Å². The molecule has 1 aliphatic rings. The van der Waals surface area contributed by atoms with Gasteiger partial charge in [0.2, 0.25) is 5.78 Å². The number of methoxy groups -OCH3 is 1. The molecule has 0 bridgehead atoms. The van der Waals surface area contributed by atoms with Crippen LogP contribution in [0.3, 0.4) is 0 Å². The van der Waals surface area contributed by atoms with Crippen molar-refractivity contribution in [3.63, 3.8) is 0 Å². The van der Waals surface area contributed by atoms with E-state index in [2.05, 4.69) is 0 Å². The maximum absolute atomic E-state index is 12.6. The zero-order valence-electron chi connectivity index (χ0n) is 15.0. The summed E-state index contributed by atoms with van der Waals surface area (Å²) >= 11 is 0. The van der Waals surface area contributed by atoms with E-state index in [0.717, 1.165) is 0 Å². The normalized spacial score (nSPS) is 14.8. The number of hydrogen-bond acceptors (Lipinski definition) is 7. The van der Waals surface area contributed by atoms with Gasteiger partial charge in [-0.15, -0.1) is 0 Å². The Morgan fingerprint density at radius 3 is 2.15 bits per heavy atom. The van der Waals surface area contributed by atoms with E-state index in [9.17, 15) is 14.4 Å². The van der Waals surface area contributed by atoms with E-state index in [1.807, 2.05) is 0 Å². The van der Waals surface area contributed by atoms with Gasteiger partial charge in [-0.2, -0.15) is 0 Å². The SMILES string of the molecule is CCOC(=O)C(C(=O)OCC)C(C1=C(OC)OCC1=O)c1ccccc1. The second-order valence-corrected chi connectivity index (χ2v) is 5.49. The number of Topliss-reactive ketones (excluding diaryl/α,β-unsaturated/α-hetero) is 1. The highest BCUT2D eigenvalue weighted by molar-refractivity contribution is 6.04. The first-order chi connectivity index (χ1) is 12.5. The van der Waals surface area contributed by atoms with E-state index in [4.69, 9.17) is 18.9 Å². The summed E-state index contributed by atoms with van der Waals surface area (Å²) in [6.45, 7) is 3.26. The third-order valence-electron chi connectivity index (χ3n) is 3.92. The predicted molar refractivity (Wildman–Crippen MR) is 90.9 cm³/mol. The molecule has 0 N–H and O–H groups in total. The van der Waals surface area contributed by atoms with Crippen LogP contribution >= 0.6 is 0 Å². The molecule has 0 radical (unpaired) electrons. The highest BCUT2D eigenvalue weighted by Crippen LogP contribution is 2.38. The number of hydrogen-bond donors (Lipinski definition) is 0. The summed E-state index contributed by atoms with van der Waals surface area (Å²) in [4.78, 5) is 37.6. The van der Waals surface area contributed by atoms with Gasteiger partial charge >= 0.3 is 11.9 Å². The van der Waals surface area contributed by atoms with E-state index in [1.54, 1.807) is 44.2 Å². The number of ether oxygens (including phenoxy) is 4. The Bertz CT molecular complexity index is 675. The molecule has 0 aliphatic carbocycles. The van der Waals surface area contributed by atoms with Crippen molar-refractivity contribution in [2.24, 2.45) is 5.92 Å². The molecule has 1 unspecified atom stereocenters. The van der Waals surface area contributed by atoms with Gasteiger partial charge in [0.15, 0.2) is 12.5 Å². The summed E-state index contributed by atoms with van der Waals surface area (Å²) in [6, 6.07) is 8.75. The van der Waals surface area contributed by atoms with Gasteiger partial charge in [0.25, 0.3) is 5.95 Å². The quantitative estimate of drug-likeness (QED) is 0.516. The Morgan fingerprint density at radius 2 is 1.65 bits per heavy atom. The van der Waals surface area contributed by atoms with Crippen molar-refractivity contribution >= 4 is 17.7 Å². The average molecular weight is 362 g/mol. The van der Waals surface area contributed by atoms with Crippen molar-refractivity contribution in [3.8, 4) is 0 Å². The van der Waals surface area contributed by atoms with Gasteiger partial charge < -0.3 is 18.9 Å². The van der Waals surface area contributed by atoms with Gasteiger partial charge in [0.05, 0.1) is 25.9 Å². The number of rotatable bonds is 8. The van der Waals surface area contributed by atoms with E-state index in [-0.39, 0.29) is 37.1 Å². The molecule has 1 aliphatic heterocycles. The number of esters is 2. The highest BCUT2D eigenvalue weighted by atomic mass is 16.7. The molecule has 0 saturated heterocycles. The Kier molecular flexibility index (Phi) is 6.77. The lowest BCUT2D eigenvalue weighted by atomic mass is 9.79. The third-order valence-corrected chi connectivity index (χ3v) is 3.92. The summed E-state index contributed by atoms with van der Waals surface area (Å²) < 4.78 is 20.6. The lowest BCUT2D eigenvalue weighted by Gasteiger charge is -2.24. The number of benzene rings is 1. The standard InChI is InChI=1S/C19H22O7/c1-4-24-17(21)16(18(22)25-5-2)14(12-9-7-6-8-10-12)15-13(20)11-26-19(15)23-3/h6-10,14,16H,4-5,11H2,1-3H3. The molecule has 0 spiro atoms. The van der Waals surface area contributed by atoms with Gasteiger partial charge in [0.1, 0.15) is 0 Å². The lowest BCUT2D eigenvalue weighted by molar-refractivity contribution is -0.162. The van der Waals surface area contributed by atoms with Gasteiger partial charge in [-0.05, 0) is 19.4 Å². The maximum Gasteiger partial charge on any atom is 0.321 e. The average Bonchev–Trinajstić information content (AvgIpc) is 3.00. The number of carbonyl (C=O) groups excluding carboxylic acids is 3. The third kappa shape index (κ3) is 4.04.